The summed E-state index contributed by atoms with van der Waals surface area (Å²) in [6.07, 6.45) is 1.62. The average molecular weight is 443 g/mol. The first-order valence-corrected chi connectivity index (χ1v) is 11.0. The molecule has 31 heavy (non-hydrogen) atoms. The van der Waals surface area contributed by atoms with Crippen LogP contribution in [0.1, 0.15) is 23.2 Å². The van der Waals surface area contributed by atoms with Gasteiger partial charge in [0, 0.05) is 48.6 Å². The van der Waals surface area contributed by atoms with Gasteiger partial charge in [0.1, 0.15) is 0 Å². The number of amides is 3. The molecule has 0 bridgehead atoms. The molecular formula is C23H27ClN4O3. The lowest BCUT2D eigenvalue weighted by molar-refractivity contribution is 0.0303. The number of urea groups is 1. The Labute approximate surface area is 187 Å². The quantitative estimate of drug-likeness (QED) is 0.758. The highest BCUT2D eigenvalue weighted by atomic mass is 35.5. The number of hydrogen-bond acceptors (Lipinski definition) is 4. The number of carbonyl (C=O) groups excluding carboxylic acids is 2. The van der Waals surface area contributed by atoms with Gasteiger partial charge in [-0.3, -0.25) is 4.79 Å². The Morgan fingerprint density at radius 2 is 1.71 bits per heavy atom. The van der Waals surface area contributed by atoms with E-state index < -0.39 is 0 Å². The summed E-state index contributed by atoms with van der Waals surface area (Å²) in [5, 5.41) is 6.44. The van der Waals surface area contributed by atoms with Crippen molar-refractivity contribution in [1.82, 2.24) is 10.2 Å². The van der Waals surface area contributed by atoms with E-state index in [1.165, 1.54) is 0 Å². The van der Waals surface area contributed by atoms with E-state index in [9.17, 15) is 9.59 Å². The van der Waals surface area contributed by atoms with Crippen molar-refractivity contribution < 1.29 is 14.3 Å². The van der Waals surface area contributed by atoms with Crippen molar-refractivity contribution in [3.05, 3.63) is 59.1 Å². The Kier molecular flexibility index (Phi) is 6.94. The van der Waals surface area contributed by atoms with Crippen molar-refractivity contribution >= 4 is 34.9 Å². The van der Waals surface area contributed by atoms with Gasteiger partial charge in [-0.2, -0.15) is 0 Å². The second-order valence-corrected chi connectivity index (χ2v) is 8.23. The van der Waals surface area contributed by atoms with Crippen molar-refractivity contribution in [2.75, 3.05) is 49.6 Å². The minimum absolute atomic E-state index is 0.0556. The maximum Gasteiger partial charge on any atom is 0.319 e. The van der Waals surface area contributed by atoms with Crippen LogP contribution in [0.25, 0.3) is 0 Å². The van der Waals surface area contributed by atoms with E-state index in [1.807, 2.05) is 29.2 Å². The zero-order valence-electron chi connectivity index (χ0n) is 17.4. The van der Waals surface area contributed by atoms with Gasteiger partial charge in [-0.25, -0.2) is 4.79 Å². The van der Waals surface area contributed by atoms with E-state index in [4.69, 9.17) is 16.3 Å². The number of morpholine rings is 1. The second kappa shape index (κ2) is 10.0. The summed E-state index contributed by atoms with van der Waals surface area (Å²) in [5.74, 6) is 0.0556. The first-order valence-electron chi connectivity index (χ1n) is 10.6. The van der Waals surface area contributed by atoms with Crippen LogP contribution in [0, 0.1) is 0 Å². The average Bonchev–Trinajstić information content (AvgIpc) is 2.80. The monoisotopic (exact) mass is 442 g/mol. The molecule has 8 heteroatoms. The number of piperidine rings is 1. The molecule has 2 aliphatic heterocycles. The van der Waals surface area contributed by atoms with E-state index in [2.05, 4.69) is 15.5 Å². The third-order valence-electron chi connectivity index (χ3n) is 5.69. The van der Waals surface area contributed by atoms with Crippen LogP contribution in [0.2, 0.25) is 5.02 Å². The molecule has 2 aromatic rings. The minimum Gasteiger partial charge on any atom is -0.378 e. The van der Waals surface area contributed by atoms with Gasteiger partial charge in [0.2, 0.25) is 0 Å². The van der Waals surface area contributed by atoms with Crippen LogP contribution in [-0.4, -0.2) is 62.3 Å². The van der Waals surface area contributed by atoms with Crippen LogP contribution < -0.4 is 15.5 Å². The number of para-hydroxylation sites is 1. The number of benzene rings is 2. The van der Waals surface area contributed by atoms with Gasteiger partial charge in [0.15, 0.2) is 0 Å². The molecule has 2 saturated heterocycles. The predicted molar refractivity (Wildman–Crippen MR) is 122 cm³/mol. The number of rotatable bonds is 4. The van der Waals surface area contributed by atoms with Crippen molar-refractivity contribution in [3.63, 3.8) is 0 Å². The van der Waals surface area contributed by atoms with Crippen molar-refractivity contribution in [3.8, 4) is 0 Å². The maximum absolute atomic E-state index is 13.0. The van der Waals surface area contributed by atoms with Crippen LogP contribution >= 0.6 is 11.6 Å². The summed E-state index contributed by atoms with van der Waals surface area (Å²) in [7, 11) is 0. The molecule has 0 radical (unpaired) electrons. The van der Waals surface area contributed by atoms with Crippen LogP contribution in [0.15, 0.2) is 48.5 Å². The number of carbonyl (C=O) groups is 2. The molecule has 7 nitrogen and oxygen atoms in total. The molecule has 0 unspecified atom stereocenters. The smallest absolute Gasteiger partial charge is 0.319 e. The molecule has 0 spiro atoms. The lowest BCUT2D eigenvalue weighted by Crippen LogP contribution is -2.46. The van der Waals surface area contributed by atoms with Gasteiger partial charge in [0.05, 0.1) is 18.8 Å². The van der Waals surface area contributed by atoms with Crippen molar-refractivity contribution in [2.24, 2.45) is 0 Å². The van der Waals surface area contributed by atoms with Crippen molar-refractivity contribution in [1.29, 1.82) is 0 Å². The number of hydrogen-bond donors (Lipinski definition) is 2. The van der Waals surface area contributed by atoms with Gasteiger partial charge in [-0.1, -0.05) is 29.8 Å². The third-order valence-corrected chi connectivity index (χ3v) is 5.92. The molecule has 2 fully saturated rings. The second-order valence-electron chi connectivity index (χ2n) is 7.79. The summed E-state index contributed by atoms with van der Waals surface area (Å²) < 4.78 is 5.37. The molecule has 2 aromatic carbocycles. The van der Waals surface area contributed by atoms with Gasteiger partial charge >= 0.3 is 6.03 Å². The van der Waals surface area contributed by atoms with Crippen molar-refractivity contribution in [2.45, 2.75) is 18.9 Å². The lowest BCUT2D eigenvalue weighted by Gasteiger charge is -2.35. The first kappa shape index (κ1) is 21.5. The van der Waals surface area contributed by atoms with Gasteiger partial charge in [-0.05, 0) is 43.2 Å². The fourth-order valence-corrected chi connectivity index (χ4v) is 4.24. The van der Waals surface area contributed by atoms with Gasteiger partial charge in [-0.15, -0.1) is 0 Å². The van der Waals surface area contributed by atoms with E-state index >= 15 is 0 Å². The number of nitrogens with zero attached hydrogens (tertiary/aromatic N) is 2. The summed E-state index contributed by atoms with van der Waals surface area (Å²) >= 11 is 5.97. The highest BCUT2D eigenvalue weighted by molar-refractivity contribution is 6.30. The standard InChI is InChI=1S/C23H27ClN4O3/c24-17-4-3-5-19(16-17)26-23(30)25-18-8-10-27(11-9-18)21-7-2-1-6-20(21)22(29)28-12-14-31-15-13-28/h1-7,16,18H,8-15H2,(H2,25,26,30). The molecule has 4 rings (SSSR count). The number of anilines is 2. The third kappa shape index (κ3) is 5.48. The Balaban J connectivity index is 1.33. The summed E-state index contributed by atoms with van der Waals surface area (Å²) in [5.41, 5.74) is 2.35. The first-order chi connectivity index (χ1) is 15.1. The predicted octanol–water partition coefficient (Wildman–Crippen LogP) is 3.60. The zero-order valence-corrected chi connectivity index (χ0v) is 18.1. The molecule has 0 atom stereocenters. The zero-order chi connectivity index (χ0) is 21.6. The van der Waals surface area contributed by atoms with E-state index in [1.54, 1.807) is 24.3 Å². The molecule has 2 N–H and O–H groups in total. The topological polar surface area (TPSA) is 73.9 Å². The Bertz CT molecular complexity index is 925. The SMILES string of the molecule is O=C(Nc1cccc(Cl)c1)NC1CCN(c2ccccc2C(=O)N2CCOCC2)CC1. The minimum atomic E-state index is -0.233. The van der Waals surface area contributed by atoms with Gasteiger partial charge in [0.25, 0.3) is 5.91 Å². The Morgan fingerprint density at radius 3 is 2.45 bits per heavy atom. The molecule has 3 amide bonds. The normalized spacial score (nSPS) is 17.3. The summed E-state index contributed by atoms with van der Waals surface area (Å²) in [4.78, 5) is 29.5. The molecule has 2 aliphatic rings. The maximum atomic E-state index is 13.0. The lowest BCUT2D eigenvalue weighted by atomic mass is 10.0. The largest absolute Gasteiger partial charge is 0.378 e. The van der Waals surface area contributed by atoms with Crippen LogP contribution in [0.4, 0.5) is 16.2 Å². The molecule has 2 heterocycles. The summed E-state index contributed by atoms with van der Waals surface area (Å²) in [6.45, 7) is 3.97. The highest BCUT2D eigenvalue weighted by Crippen LogP contribution is 2.26. The fraction of sp³-hybridized carbons (Fsp3) is 0.391. The molecule has 0 aromatic heterocycles. The van der Waals surface area contributed by atoms with Crippen LogP contribution in [0.3, 0.4) is 0 Å². The van der Waals surface area contributed by atoms with E-state index in [-0.39, 0.29) is 18.0 Å². The Morgan fingerprint density at radius 1 is 0.968 bits per heavy atom. The molecular weight excluding hydrogens is 416 g/mol. The highest BCUT2D eigenvalue weighted by Gasteiger charge is 2.26. The van der Waals surface area contributed by atoms with E-state index in [0.717, 1.165) is 37.2 Å². The molecule has 164 valence electrons. The van der Waals surface area contributed by atoms with Crippen LogP contribution in [0.5, 0.6) is 0 Å². The number of nitrogens with one attached hydrogen (secondary N) is 2. The Hall–Kier alpha value is -2.77. The van der Waals surface area contributed by atoms with Gasteiger partial charge < -0.3 is 25.2 Å². The fourth-order valence-electron chi connectivity index (χ4n) is 4.05. The van der Waals surface area contributed by atoms with Crippen LogP contribution in [-0.2, 0) is 4.74 Å². The molecule has 0 aliphatic carbocycles. The number of ether oxygens (including phenoxy) is 1. The molecule has 0 saturated carbocycles. The number of halogens is 1. The summed E-state index contributed by atoms with van der Waals surface area (Å²) in [6, 6.07) is 14.7. The van der Waals surface area contributed by atoms with E-state index in [0.29, 0.717) is 37.0 Å².